The number of hydrogen-bond donors (Lipinski definition) is 2. The molecule has 26 heavy (non-hydrogen) atoms. The second-order valence-corrected chi connectivity index (χ2v) is 9.90. The molecule has 1 saturated carbocycles. The molecule has 2 fully saturated rings. The first kappa shape index (κ1) is 20.0. The molecule has 0 aromatic carbocycles. The van der Waals surface area contributed by atoms with Crippen LogP contribution in [0.15, 0.2) is 11.2 Å². The zero-order valence-corrected chi connectivity index (χ0v) is 17.9. The van der Waals surface area contributed by atoms with Crippen LogP contribution in [0.5, 0.6) is 0 Å². The van der Waals surface area contributed by atoms with E-state index in [0.717, 1.165) is 25.5 Å². The molecule has 0 radical (unpaired) electrons. The van der Waals surface area contributed by atoms with Gasteiger partial charge >= 0.3 is 0 Å². The lowest BCUT2D eigenvalue weighted by atomic mass is 9.80. The number of thiazole rings is 1. The zero-order chi connectivity index (χ0) is 18.2. The topological polar surface area (TPSA) is 52.6 Å². The second-order valence-electron chi connectivity index (χ2n) is 7.35. The Hall–Kier alpha value is -0.790. The van der Waals surface area contributed by atoms with E-state index >= 15 is 0 Å². The summed E-state index contributed by atoms with van der Waals surface area (Å²) < 4.78 is 0. The number of rotatable bonds is 6. The highest BCUT2D eigenvalue weighted by molar-refractivity contribution is 7.99. The van der Waals surface area contributed by atoms with E-state index in [0.29, 0.717) is 5.54 Å². The monoisotopic (exact) mass is 395 g/mol. The van der Waals surface area contributed by atoms with Crippen molar-refractivity contribution in [1.29, 1.82) is 0 Å². The quantitative estimate of drug-likeness (QED) is 0.573. The fraction of sp³-hybridized carbons (Fsp3) is 0.789. The van der Waals surface area contributed by atoms with Gasteiger partial charge in [0, 0.05) is 67.8 Å². The summed E-state index contributed by atoms with van der Waals surface area (Å²) in [6.07, 6.45) is 9.66. The van der Waals surface area contributed by atoms with Crippen LogP contribution in [-0.4, -0.2) is 66.1 Å². The molecule has 2 N–H and O–H groups in total. The van der Waals surface area contributed by atoms with E-state index in [2.05, 4.69) is 44.2 Å². The molecule has 5 nitrogen and oxygen atoms in total. The minimum Gasteiger partial charge on any atom is -0.356 e. The number of nitrogens with one attached hydrogen (secondary N) is 2. The summed E-state index contributed by atoms with van der Waals surface area (Å²) in [5, 5.41) is 8.31. The molecule has 0 bridgehead atoms. The van der Waals surface area contributed by atoms with E-state index in [4.69, 9.17) is 0 Å². The van der Waals surface area contributed by atoms with Crippen molar-refractivity contribution in [1.82, 2.24) is 20.5 Å². The smallest absolute Gasteiger partial charge is 0.191 e. The normalized spacial score (nSPS) is 21.5. The standard InChI is InChI=1S/C19H33N5S2/c1-16-14-22-17(26-16)6-9-21-18(20-2)23-15-19(7-4-3-5-8-19)24-10-12-25-13-11-24/h14H,3-13,15H2,1-2H3,(H2,20,21,23). The van der Waals surface area contributed by atoms with E-state index in [1.807, 2.05) is 13.2 Å². The van der Waals surface area contributed by atoms with Crippen LogP contribution in [0.1, 0.15) is 42.0 Å². The minimum absolute atomic E-state index is 0.323. The lowest BCUT2D eigenvalue weighted by molar-refractivity contribution is 0.0626. The van der Waals surface area contributed by atoms with Gasteiger partial charge in [-0.2, -0.15) is 11.8 Å². The van der Waals surface area contributed by atoms with Crippen molar-refractivity contribution in [2.75, 3.05) is 44.7 Å². The molecule has 1 aliphatic heterocycles. The van der Waals surface area contributed by atoms with Crippen molar-refractivity contribution in [3.8, 4) is 0 Å². The van der Waals surface area contributed by atoms with Gasteiger partial charge in [-0.15, -0.1) is 11.3 Å². The Balaban J connectivity index is 1.51. The number of hydrogen-bond acceptors (Lipinski definition) is 5. The largest absolute Gasteiger partial charge is 0.356 e. The van der Waals surface area contributed by atoms with Crippen LogP contribution in [0.3, 0.4) is 0 Å². The third-order valence-corrected chi connectivity index (χ3v) is 7.49. The third kappa shape index (κ3) is 5.36. The van der Waals surface area contributed by atoms with Crippen molar-refractivity contribution >= 4 is 29.1 Å². The van der Waals surface area contributed by atoms with Gasteiger partial charge in [-0.3, -0.25) is 9.89 Å². The lowest BCUT2D eigenvalue weighted by Gasteiger charge is -2.48. The highest BCUT2D eigenvalue weighted by Crippen LogP contribution is 2.34. The average Bonchev–Trinajstić information content (AvgIpc) is 3.11. The molecule has 2 heterocycles. The fourth-order valence-electron chi connectivity index (χ4n) is 4.13. The molecule has 3 rings (SSSR count). The Morgan fingerprint density at radius 1 is 1.23 bits per heavy atom. The summed E-state index contributed by atoms with van der Waals surface area (Å²) in [7, 11) is 1.87. The van der Waals surface area contributed by atoms with Crippen molar-refractivity contribution in [3.05, 3.63) is 16.1 Å². The maximum Gasteiger partial charge on any atom is 0.191 e. The Morgan fingerprint density at radius 3 is 2.65 bits per heavy atom. The summed E-state index contributed by atoms with van der Waals surface area (Å²) in [6, 6.07) is 0. The number of aromatic nitrogens is 1. The van der Waals surface area contributed by atoms with Crippen LogP contribution in [-0.2, 0) is 6.42 Å². The van der Waals surface area contributed by atoms with Gasteiger partial charge in [-0.05, 0) is 19.8 Å². The van der Waals surface area contributed by atoms with E-state index in [1.165, 1.54) is 66.6 Å². The zero-order valence-electron chi connectivity index (χ0n) is 16.2. The Kier molecular flexibility index (Phi) is 7.64. The summed E-state index contributed by atoms with van der Waals surface area (Å²) in [5.41, 5.74) is 0.323. The Bertz CT molecular complexity index is 574. The number of nitrogens with zero attached hydrogens (tertiary/aromatic N) is 3. The first-order valence-corrected chi connectivity index (χ1v) is 11.9. The molecule has 0 unspecified atom stereocenters. The third-order valence-electron chi connectivity index (χ3n) is 5.58. The van der Waals surface area contributed by atoms with Crippen LogP contribution < -0.4 is 10.6 Å². The van der Waals surface area contributed by atoms with Crippen molar-refractivity contribution < 1.29 is 0 Å². The van der Waals surface area contributed by atoms with Gasteiger partial charge in [0.05, 0.1) is 5.01 Å². The molecule has 1 aliphatic carbocycles. The Morgan fingerprint density at radius 2 is 2.00 bits per heavy atom. The second kappa shape index (κ2) is 9.95. The average molecular weight is 396 g/mol. The predicted octanol–water partition coefficient (Wildman–Crippen LogP) is 2.91. The molecule has 7 heteroatoms. The van der Waals surface area contributed by atoms with Gasteiger partial charge in [0.25, 0.3) is 0 Å². The van der Waals surface area contributed by atoms with E-state index in [-0.39, 0.29) is 0 Å². The van der Waals surface area contributed by atoms with Gasteiger partial charge in [-0.25, -0.2) is 4.98 Å². The fourth-order valence-corrected chi connectivity index (χ4v) is 5.82. The molecule has 0 spiro atoms. The molecule has 1 aromatic rings. The summed E-state index contributed by atoms with van der Waals surface area (Å²) >= 11 is 3.88. The number of aryl methyl sites for hydroxylation is 1. The lowest BCUT2D eigenvalue weighted by Crippen LogP contribution is -2.59. The molecule has 0 amide bonds. The van der Waals surface area contributed by atoms with Crippen LogP contribution in [0.4, 0.5) is 0 Å². The Labute approximate surface area is 166 Å². The SMILES string of the molecule is CN=C(NCCc1ncc(C)s1)NCC1(N2CCSCC2)CCCCC1. The van der Waals surface area contributed by atoms with Crippen LogP contribution in [0, 0.1) is 6.92 Å². The van der Waals surface area contributed by atoms with Gasteiger partial charge in [0.2, 0.25) is 0 Å². The van der Waals surface area contributed by atoms with E-state index in [9.17, 15) is 0 Å². The highest BCUT2D eigenvalue weighted by Gasteiger charge is 2.38. The number of guanidine groups is 1. The molecule has 1 aromatic heterocycles. The molecule has 146 valence electrons. The number of aliphatic imine (C=N–C) groups is 1. The van der Waals surface area contributed by atoms with Gasteiger partial charge in [0.15, 0.2) is 5.96 Å². The predicted molar refractivity (Wildman–Crippen MR) is 115 cm³/mol. The van der Waals surface area contributed by atoms with Gasteiger partial charge in [0.1, 0.15) is 0 Å². The van der Waals surface area contributed by atoms with Crippen LogP contribution in [0.25, 0.3) is 0 Å². The maximum atomic E-state index is 4.44. The number of thioether (sulfide) groups is 1. The van der Waals surface area contributed by atoms with E-state index < -0.39 is 0 Å². The van der Waals surface area contributed by atoms with Crippen LogP contribution in [0.2, 0.25) is 0 Å². The first-order chi connectivity index (χ1) is 12.7. The maximum absolute atomic E-state index is 4.44. The van der Waals surface area contributed by atoms with E-state index in [1.54, 1.807) is 11.3 Å². The molecular formula is C19H33N5S2. The molecular weight excluding hydrogens is 362 g/mol. The van der Waals surface area contributed by atoms with Crippen molar-refractivity contribution in [2.24, 2.45) is 4.99 Å². The molecule has 2 aliphatic rings. The molecule has 0 atom stereocenters. The first-order valence-electron chi connectivity index (χ1n) is 9.90. The van der Waals surface area contributed by atoms with Gasteiger partial charge in [-0.1, -0.05) is 19.3 Å². The minimum atomic E-state index is 0.323. The summed E-state index contributed by atoms with van der Waals surface area (Å²) in [6.45, 7) is 6.47. The van der Waals surface area contributed by atoms with Crippen molar-refractivity contribution in [3.63, 3.8) is 0 Å². The summed E-state index contributed by atoms with van der Waals surface area (Å²) in [4.78, 5) is 12.9. The summed E-state index contributed by atoms with van der Waals surface area (Å²) in [5.74, 6) is 3.48. The van der Waals surface area contributed by atoms with Crippen molar-refractivity contribution in [2.45, 2.75) is 51.0 Å². The van der Waals surface area contributed by atoms with Gasteiger partial charge < -0.3 is 10.6 Å². The molecule has 1 saturated heterocycles. The van der Waals surface area contributed by atoms with Crippen LogP contribution >= 0.6 is 23.1 Å². The highest BCUT2D eigenvalue weighted by atomic mass is 32.2.